The van der Waals surface area contributed by atoms with Gasteiger partial charge in [-0.2, -0.15) is 5.26 Å². The molecule has 1 aromatic carbocycles. The summed E-state index contributed by atoms with van der Waals surface area (Å²) in [7, 11) is 0. The number of benzene rings is 1. The molecule has 0 bridgehead atoms. The molecule has 0 unspecified atom stereocenters. The lowest BCUT2D eigenvalue weighted by Gasteiger charge is -2.26. The van der Waals surface area contributed by atoms with Gasteiger partial charge in [0.05, 0.1) is 5.57 Å². The van der Waals surface area contributed by atoms with Gasteiger partial charge in [-0.15, -0.1) is 0 Å². The highest BCUT2D eigenvalue weighted by Gasteiger charge is 2.27. The number of nitrogens with zero attached hydrogens (tertiary/aromatic N) is 2. The van der Waals surface area contributed by atoms with E-state index in [1.165, 1.54) is 0 Å². The van der Waals surface area contributed by atoms with E-state index in [0.717, 1.165) is 16.7 Å². The number of pyridine rings is 1. The minimum absolute atomic E-state index is 0.385. The Kier molecular flexibility index (Phi) is 2.86. The molecule has 0 saturated heterocycles. The number of aromatic nitrogens is 1. The van der Waals surface area contributed by atoms with Crippen LogP contribution in [0.2, 0.25) is 0 Å². The molecule has 20 heavy (non-hydrogen) atoms. The zero-order valence-electron chi connectivity index (χ0n) is 10.6. The molecule has 0 amide bonds. The Morgan fingerprint density at radius 1 is 1.30 bits per heavy atom. The molecule has 0 spiro atoms. The van der Waals surface area contributed by atoms with Crippen molar-refractivity contribution in [1.82, 2.24) is 4.98 Å². The summed E-state index contributed by atoms with van der Waals surface area (Å²) in [4.78, 5) is 4.09. The predicted molar refractivity (Wildman–Crippen MR) is 75.3 cm³/mol. The summed E-state index contributed by atoms with van der Waals surface area (Å²) in [6, 6.07) is 11.1. The molecule has 2 heterocycles. The number of fused-ring (bicyclic) bond motifs is 1. The van der Waals surface area contributed by atoms with Crippen molar-refractivity contribution >= 4 is 11.3 Å². The lowest BCUT2D eigenvalue weighted by Crippen LogP contribution is -2.33. The Morgan fingerprint density at radius 3 is 2.85 bits per heavy atom. The van der Waals surface area contributed by atoms with Crippen LogP contribution in [0.1, 0.15) is 11.1 Å². The van der Waals surface area contributed by atoms with E-state index in [1.54, 1.807) is 24.5 Å². The molecule has 0 saturated carbocycles. The van der Waals surface area contributed by atoms with Crippen LogP contribution in [0, 0.1) is 11.3 Å². The van der Waals surface area contributed by atoms with E-state index in [0.29, 0.717) is 17.0 Å². The number of anilines is 1. The number of nitriles is 1. The van der Waals surface area contributed by atoms with Gasteiger partial charge in [0, 0.05) is 40.8 Å². The van der Waals surface area contributed by atoms with Gasteiger partial charge in [-0.1, -0.05) is 6.07 Å². The van der Waals surface area contributed by atoms with Gasteiger partial charge in [0.2, 0.25) is 0 Å². The van der Waals surface area contributed by atoms with Crippen molar-refractivity contribution in [2.45, 2.75) is 6.23 Å². The molecule has 3 rings (SSSR count). The van der Waals surface area contributed by atoms with Gasteiger partial charge in [-0.05, 0) is 18.2 Å². The Hall–Kier alpha value is -2.84. The van der Waals surface area contributed by atoms with Crippen LogP contribution in [-0.4, -0.2) is 11.2 Å². The Labute approximate surface area is 116 Å². The third-order valence-electron chi connectivity index (χ3n) is 3.15. The van der Waals surface area contributed by atoms with Gasteiger partial charge >= 0.3 is 0 Å². The zero-order chi connectivity index (χ0) is 14.1. The Morgan fingerprint density at radius 2 is 2.15 bits per heavy atom. The van der Waals surface area contributed by atoms with Crippen molar-refractivity contribution in [2.24, 2.45) is 5.73 Å². The highest BCUT2D eigenvalue weighted by molar-refractivity contribution is 5.88. The summed E-state index contributed by atoms with van der Waals surface area (Å²) in [5.41, 5.74) is 15.0. The van der Waals surface area contributed by atoms with Crippen LogP contribution in [-0.2, 0) is 0 Å². The fourth-order valence-corrected chi connectivity index (χ4v) is 2.27. The highest BCUT2D eigenvalue weighted by atomic mass is 16.5. The SMILES string of the molecule is N#CC1=C(c2cccnc2)c2ccc(N)cc2O[C@H]1N. The summed E-state index contributed by atoms with van der Waals surface area (Å²) in [6.45, 7) is 0. The number of ether oxygens (including phenoxy) is 1. The maximum Gasteiger partial charge on any atom is 0.184 e. The average molecular weight is 264 g/mol. The number of nitrogen functional groups attached to an aromatic ring is 1. The second-order valence-corrected chi connectivity index (χ2v) is 4.44. The lowest BCUT2D eigenvalue weighted by molar-refractivity contribution is 0.245. The smallest absolute Gasteiger partial charge is 0.184 e. The molecule has 1 aliphatic rings. The molecular formula is C15H12N4O. The number of nitrogens with two attached hydrogens (primary N) is 2. The van der Waals surface area contributed by atoms with E-state index >= 15 is 0 Å². The van der Waals surface area contributed by atoms with Crippen LogP contribution < -0.4 is 16.2 Å². The molecular weight excluding hydrogens is 252 g/mol. The summed E-state index contributed by atoms with van der Waals surface area (Å²) < 4.78 is 5.56. The van der Waals surface area contributed by atoms with Crippen molar-refractivity contribution in [3.8, 4) is 11.8 Å². The van der Waals surface area contributed by atoms with Crippen LogP contribution >= 0.6 is 0 Å². The predicted octanol–water partition coefficient (Wildman–Crippen LogP) is 1.67. The van der Waals surface area contributed by atoms with E-state index in [-0.39, 0.29) is 0 Å². The van der Waals surface area contributed by atoms with Crippen molar-refractivity contribution in [2.75, 3.05) is 5.73 Å². The van der Waals surface area contributed by atoms with E-state index < -0.39 is 6.23 Å². The first-order chi connectivity index (χ1) is 9.70. The van der Waals surface area contributed by atoms with E-state index in [4.69, 9.17) is 16.2 Å². The maximum atomic E-state index is 9.36. The highest BCUT2D eigenvalue weighted by Crippen LogP contribution is 2.39. The summed E-state index contributed by atoms with van der Waals surface area (Å²) >= 11 is 0. The van der Waals surface area contributed by atoms with Crippen LogP contribution in [0.3, 0.4) is 0 Å². The molecule has 2 aromatic rings. The first-order valence-corrected chi connectivity index (χ1v) is 6.07. The van der Waals surface area contributed by atoms with Crippen molar-refractivity contribution in [3.05, 3.63) is 59.4 Å². The third-order valence-corrected chi connectivity index (χ3v) is 3.15. The molecule has 5 heteroatoms. The first-order valence-electron chi connectivity index (χ1n) is 6.07. The summed E-state index contributed by atoms with van der Waals surface area (Å²) in [5, 5.41) is 9.36. The minimum Gasteiger partial charge on any atom is -0.470 e. The van der Waals surface area contributed by atoms with Gasteiger partial charge in [0.25, 0.3) is 0 Å². The van der Waals surface area contributed by atoms with Crippen LogP contribution in [0.4, 0.5) is 5.69 Å². The molecule has 1 aromatic heterocycles. The normalized spacial score (nSPS) is 17.1. The second-order valence-electron chi connectivity index (χ2n) is 4.44. The molecule has 4 N–H and O–H groups in total. The number of hydrogen-bond donors (Lipinski definition) is 2. The van der Waals surface area contributed by atoms with Crippen molar-refractivity contribution in [1.29, 1.82) is 5.26 Å². The second kappa shape index (κ2) is 4.68. The van der Waals surface area contributed by atoms with Gasteiger partial charge in [0.15, 0.2) is 6.23 Å². The van der Waals surface area contributed by atoms with Crippen LogP contribution in [0.5, 0.6) is 5.75 Å². The molecule has 5 nitrogen and oxygen atoms in total. The fraction of sp³-hybridized carbons (Fsp3) is 0.0667. The lowest BCUT2D eigenvalue weighted by atomic mass is 9.91. The minimum atomic E-state index is -0.801. The quantitative estimate of drug-likeness (QED) is 0.763. The maximum absolute atomic E-state index is 9.36. The topological polar surface area (TPSA) is 98.0 Å². The Balaban J connectivity index is 2.29. The van der Waals surface area contributed by atoms with Crippen LogP contribution in [0.25, 0.3) is 5.57 Å². The van der Waals surface area contributed by atoms with E-state index in [1.807, 2.05) is 18.2 Å². The molecule has 98 valence electrons. The van der Waals surface area contributed by atoms with Crippen molar-refractivity contribution < 1.29 is 4.74 Å². The van der Waals surface area contributed by atoms with Gasteiger partial charge < -0.3 is 10.5 Å². The summed E-state index contributed by atoms with van der Waals surface area (Å²) in [6.07, 6.45) is 2.58. The van der Waals surface area contributed by atoms with E-state index in [9.17, 15) is 5.26 Å². The number of rotatable bonds is 1. The molecule has 0 fully saturated rings. The molecule has 1 atom stereocenters. The standard InChI is InChI=1S/C15H12N4O/c16-7-12-14(9-2-1-5-19-8-9)11-4-3-10(17)6-13(11)20-15(12)18/h1-6,8,15H,17-18H2/t15-/m1/s1. The summed E-state index contributed by atoms with van der Waals surface area (Å²) in [5.74, 6) is 0.579. The fourth-order valence-electron chi connectivity index (χ4n) is 2.27. The third kappa shape index (κ3) is 1.88. The molecule has 1 aliphatic heterocycles. The zero-order valence-corrected chi connectivity index (χ0v) is 10.6. The average Bonchev–Trinajstić information content (AvgIpc) is 2.46. The monoisotopic (exact) mass is 264 g/mol. The van der Waals surface area contributed by atoms with Gasteiger partial charge in [0.1, 0.15) is 11.8 Å². The largest absolute Gasteiger partial charge is 0.470 e. The van der Waals surface area contributed by atoms with Crippen molar-refractivity contribution in [3.63, 3.8) is 0 Å². The van der Waals surface area contributed by atoms with Gasteiger partial charge in [-0.3, -0.25) is 10.7 Å². The molecule has 0 radical (unpaired) electrons. The first kappa shape index (κ1) is 12.2. The van der Waals surface area contributed by atoms with Crippen LogP contribution in [0.15, 0.2) is 48.3 Å². The van der Waals surface area contributed by atoms with Gasteiger partial charge in [-0.25, -0.2) is 0 Å². The van der Waals surface area contributed by atoms with E-state index in [2.05, 4.69) is 11.1 Å². The Bertz CT molecular complexity index is 731. The number of hydrogen-bond acceptors (Lipinski definition) is 5. The molecule has 0 aliphatic carbocycles.